The maximum absolute atomic E-state index is 10.7. The van der Waals surface area contributed by atoms with E-state index in [-0.39, 0.29) is 5.92 Å². The van der Waals surface area contributed by atoms with Gasteiger partial charge in [0.1, 0.15) is 0 Å². The molecule has 3 heteroatoms. The Balaban J connectivity index is 2.15. The lowest BCUT2D eigenvalue weighted by atomic mass is 9.81. The molecule has 0 heterocycles. The fraction of sp³-hybridized carbons (Fsp3) is 0.417. The van der Waals surface area contributed by atoms with Gasteiger partial charge in [0.15, 0.2) is 6.10 Å². The summed E-state index contributed by atoms with van der Waals surface area (Å²) in [7, 11) is 0. The van der Waals surface area contributed by atoms with E-state index in [1.807, 2.05) is 18.2 Å². The monoisotopic (exact) mass is 206 g/mol. The van der Waals surface area contributed by atoms with Crippen LogP contribution >= 0.6 is 0 Å². The molecular formula is C12H14O3. The van der Waals surface area contributed by atoms with Crippen molar-refractivity contribution in [3.05, 3.63) is 35.4 Å². The van der Waals surface area contributed by atoms with Gasteiger partial charge in [-0.15, -0.1) is 0 Å². The Bertz CT molecular complexity index is 373. The van der Waals surface area contributed by atoms with Crippen molar-refractivity contribution in [2.75, 3.05) is 0 Å². The molecule has 1 aromatic rings. The molecule has 1 aromatic carbocycles. The molecule has 0 saturated carbocycles. The van der Waals surface area contributed by atoms with E-state index in [1.165, 1.54) is 11.1 Å². The largest absolute Gasteiger partial charge is 0.479 e. The van der Waals surface area contributed by atoms with Gasteiger partial charge in [0.2, 0.25) is 0 Å². The standard InChI is InChI=1S/C12H14O3/c13-11(12(14)15)10-6-5-8-3-1-2-4-9(8)7-10/h1-4,10-11,13H,5-7H2,(H,14,15). The smallest absolute Gasteiger partial charge is 0.332 e. The third kappa shape index (κ3) is 2.02. The number of carboxylic acid groups (broad SMARTS) is 1. The van der Waals surface area contributed by atoms with Crippen molar-refractivity contribution in [3.8, 4) is 0 Å². The molecule has 2 N–H and O–H groups in total. The first-order valence-corrected chi connectivity index (χ1v) is 5.16. The third-order valence-electron chi connectivity index (χ3n) is 3.08. The van der Waals surface area contributed by atoms with Crippen LogP contribution in [-0.2, 0) is 17.6 Å². The predicted molar refractivity (Wildman–Crippen MR) is 55.6 cm³/mol. The van der Waals surface area contributed by atoms with Gasteiger partial charge in [-0.25, -0.2) is 4.79 Å². The summed E-state index contributed by atoms with van der Waals surface area (Å²) in [5.74, 6) is -1.25. The summed E-state index contributed by atoms with van der Waals surface area (Å²) in [4.78, 5) is 10.7. The van der Waals surface area contributed by atoms with Crippen LogP contribution in [0, 0.1) is 5.92 Å². The van der Waals surface area contributed by atoms with E-state index < -0.39 is 12.1 Å². The molecule has 0 saturated heterocycles. The highest BCUT2D eigenvalue weighted by molar-refractivity contribution is 5.72. The van der Waals surface area contributed by atoms with Crippen molar-refractivity contribution in [2.24, 2.45) is 5.92 Å². The van der Waals surface area contributed by atoms with Gasteiger partial charge in [-0.2, -0.15) is 0 Å². The molecule has 1 aliphatic rings. The first-order chi connectivity index (χ1) is 7.18. The van der Waals surface area contributed by atoms with Crippen LogP contribution < -0.4 is 0 Å². The van der Waals surface area contributed by atoms with E-state index in [1.54, 1.807) is 0 Å². The van der Waals surface area contributed by atoms with Gasteiger partial charge in [-0.1, -0.05) is 24.3 Å². The normalized spacial score (nSPS) is 21.8. The van der Waals surface area contributed by atoms with Crippen LogP contribution in [-0.4, -0.2) is 22.3 Å². The summed E-state index contributed by atoms with van der Waals surface area (Å²) in [6, 6.07) is 8.02. The Morgan fingerprint density at radius 3 is 2.67 bits per heavy atom. The van der Waals surface area contributed by atoms with Crippen molar-refractivity contribution < 1.29 is 15.0 Å². The lowest BCUT2D eigenvalue weighted by Crippen LogP contribution is -2.33. The summed E-state index contributed by atoms with van der Waals surface area (Å²) in [6.45, 7) is 0. The van der Waals surface area contributed by atoms with Gasteiger partial charge in [-0.3, -0.25) is 0 Å². The van der Waals surface area contributed by atoms with E-state index >= 15 is 0 Å². The maximum Gasteiger partial charge on any atom is 0.332 e. The first-order valence-electron chi connectivity index (χ1n) is 5.16. The summed E-state index contributed by atoms with van der Waals surface area (Å²) in [5.41, 5.74) is 2.46. The quantitative estimate of drug-likeness (QED) is 0.765. The zero-order valence-electron chi connectivity index (χ0n) is 8.39. The average Bonchev–Trinajstić information content (AvgIpc) is 2.27. The first kappa shape index (κ1) is 10.2. The number of benzene rings is 1. The minimum absolute atomic E-state index is 0.141. The fourth-order valence-corrected chi connectivity index (χ4v) is 2.20. The molecule has 0 aromatic heterocycles. The minimum atomic E-state index is -1.22. The molecular weight excluding hydrogens is 192 g/mol. The number of aliphatic hydroxyl groups is 1. The summed E-state index contributed by atoms with van der Waals surface area (Å²) >= 11 is 0. The van der Waals surface area contributed by atoms with Crippen molar-refractivity contribution in [1.29, 1.82) is 0 Å². The van der Waals surface area contributed by atoms with Gasteiger partial charge in [0.05, 0.1) is 0 Å². The van der Waals surface area contributed by atoms with Crippen LogP contribution in [0.4, 0.5) is 0 Å². The van der Waals surface area contributed by atoms with Crippen LogP contribution in [0.2, 0.25) is 0 Å². The van der Waals surface area contributed by atoms with Gasteiger partial charge in [-0.05, 0) is 36.3 Å². The van der Waals surface area contributed by atoms with Crippen LogP contribution in [0.25, 0.3) is 0 Å². The Hall–Kier alpha value is -1.35. The van der Waals surface area contributed by atoms with Crippen molar-refractivity contribution in [1.82, 2.24) is 0 Å². The number of hydrogen-bond acceptors (Lipinski definition) is 2. The van der Waals surface area contributed by atoms with Crippen LogP contribution in [0.1, 0.15) is 17.5 Å². The molecule has 3 nitrogen and oxygen atoms in total. The highest BCUT2D eigenvalue weighted by Crippen LogP contribution is 2.27. The number of aliphatic hydroxyl groups excluding tert-OH is 1. The van der Waals surface area contributed by atoms with E-state index in [0.29, 0.717) is 6.42 Å². The van der Waals surface area contributed by atoms with Gasteiger partial charge in [0, 0.05) is 0 Å². The van der Waals surface area contributed by atoms with Crippen LogP contribution in [0.5, 0.6) is 0 Å². The number of carbonyl (C=O) groups is 1. The molecule has 0 spiro atoms. The number of carboxylic acids is 1. The number of fused-ring (bicyclic) bond motifs is 1. The molecule has 80 valence electrons. The van der Waals surface area contributed by atoms with Crippen molar-refractivity contribution in [3.63, 3.8) is 0 Å². The maximum atomic E-state index is 10.7. The van der Waals surface area contributed by atoms with Gasteiger partial charge < -0.3 is 10.2 Å². The molecule has 0 amide bonds. The zero-order chi connectivity index (χ0) is 10.8. The lowest BCUT2D eigenvalue weighted by molar-refractivity contribution is -0.149. The Morgan fingerprint density at radius 2 is 2.00 bits per heavy atom. The number of aryl methyl sites for hydroxylation is 1. The Kier molecular flexibility index (Phi) is 2.73. The second-order valence-corrected chi connectivity index (χ2v) is 4.05. The molecule has 0 fully saturated rings. The van der Waals surface area contributed by atoms with E-state index in [9.17, 15) is 9.90 Å². The number of aliphatic carboxylic acids is 1. The molecule has 0 bridgehead atoms. The van der Waals surface area contributed by atoms with E-state index in [0.717, 1.165) is 12.8 Å². The van der Waals surface area contributed by atoms with Gasteiger partial charge >= 0.3 is 5.97 Å². The second-order valence-electron chi connectivity index (χ2n) is 4.05. The van der Waals surface area contributed by atoms with Crippen LogP contribution in [0.15, 0.2) is 24.3 Å². The summed E-state index contributed by atoms with van der Waals surface area (Å²) < 4.78 is 0. The number of hydrogen-bond donors (Lipinski definition) is 2. The van der Waals surface area contributed by atoms with Crippen molar-refractivity contribution >= 4 is 5.97 Å². The Morgan fingerprint density at radius 1 is 1.33 bits per heavy atom. The van der Waals surface area contributed by atoms with Gasteiger partial charge in [0.25, 0.3) is 0 Å². The fourth-order valence-electron chi connectivity index (χ4n) is 2.20. The van der Waals surface area contributed by atoms with Crippen LogP contribution in [0.3, 0.4) is 0 Å². The third-order valence-corrected chi connectivity index (χ3v) is 3.08. The molecule has 2 unspecified atom stereocenters. The highest BCUT2D eigenvalue weighted by atomic mass is 16.4. The van der Waals surface area contributed by atoms with E-state index in [2.05, 4.69) is 6.07 Å². The summed E-state index contributed by atoms with van der Waals surface area (Å²) in [5, 5.41) is 18.2. The molecule has 2 atom stereocenters. The molecule has 15 heavy (non-hydrogen) atoms. The molecule has 2 rings (SSSR count). The molecule has 0 radical (unpaired) electrons. The molecule has 1 aliphatic carbocycles. The topological polar surface area (TPSA) is 57.5 Å². The molecule has 0 aliphatic heterocycles. The second kappa shape index (κ2) is 4.03. The lowest BCUT2D eigenvalue weighted by Gasteiger charge is -2.26. The SMILES string of the molecule is O=C(O)C(O)C1CCc2ccccc2C1. The average molecular weight is 206 g/mol. The predicted octanol–water partition coefficient (Wildman–Crippen LogP) is 1.24. The van der Waals surface area contributed by atoms with E-state index in [4.69, 9.17) is 5.11 Å². The van der Waals surface area contributed by atoms with Crippen molar-refractivity contribution in [2.45, 2.75) is 25.4 Å². The minimum Gasteiger partial charge on any atom is -0.479 e. The Labute approximate surface area is 88.4 Å². The summed E-state index contributed by atoms with van der Waals surface area (Å²) in [6.07, 6.45) is 1.07. The highest BCUT2D eigenvalue weighted by Gasteiger charge is 2.28. The number of rotatable bonds is 2. The zero-order valence-corrected chi connectivity index (χ0v) is 8.39.